The van der Waals surface area contributed by atoms with Crippen molar-refractivity contribution in [2.45, 2.75) is 13.8 Å². The average molecular weight is 425 g/mol. The summed E-state index contributed by atoms with van der Waals surface area (Å²) in [4.78, 5) is 31.3. The van der Waals surface area contributed by atoms with Crippen LogP contribution >= 0.6 is 0 Å². The molecule has 0 aliphatic carbocycles. The molecule has 1 aromatic heterocycles. The highest BCUT2D eigenvalue weighted by Gasteiger charge is 2.20. The summed E-state index contributed by atoms with van der Waals surface area (Å²) in [5.41, 5.74) is 3.30. The highest BCUT2D eigenvalue weighted by atomic mass is 16.6. The number of anilines is 1. The standard InChI is InChI=1S/C19H15N5O7/c1-11-7-15(17(23(27)28)8-12(11)2)19-6-4-14(31-19)10-20-21-16-5-3-13(22(25)26)9-18(16)24(29)30/h3-10,21H,1-2H3/b20-10-. The third kappa shape index (κ3) is 4.53. The number of hydrazone groups is 1. The second-order valence-corrected chi connectivity index (χ2v) is 6.50. The molecule has 0 radical (unpaired) electrons. The number of nitrogens with one attached hydrogen (secondary N) is 1. The molecule has 2 aromatic carbocycles. The van der Waals surface area contributed by atoms with E-state index in [4.69, 9.17) is 4.42 Å². The molecule has 3 aromatic rings. The lowest BCUT2D eigenvalue weighted by atomic mass is 10.0. The normalized spacial score (nSPS) is 10.9. The molecular weight excluding hydrogens is 410 g/mol. The minimum absolute atomic E-state index is 0.0524. The molecule has 3 rings (SSSR count). The van der Waals surface area contributed by atoms with E-state index in [1.807, 2.05) is 6.92 Å². The summed E-state index contributed by atoms with van der Waals surface area (Å²) in [5.74, 6) is 0.497. The van der Waals surface area contributed by atoms with Crippen molar-refractivity contribution in [2.24, 2.45) is 5.10 Å². The highest BCUT2D eigenvalue weighted by Crippen LogP contribution is 2.33. The fourth-order valence-corrected chi connectivity index (χ4v) is 2.76. The van der Waals surface area contributed by atoms with Gasteiger partial charge >= 0.3 is 5.69 Å². The predicted molar refractivity (Wildman–Crippen MR) is 111 cm³/mol. The summed E-state index contributed by atoms with van der Waals surface area (Å²) in [6.07, 6.45) is 1.22. The van der Waals surface area contributed by atoms with Crippen LogP contribution < -0.4 is 5.43 Å². The molecule has 12 nitrogen and oxygen atoms in total. The van der Waals surface area contributed by atoms with Crippen LogP contribution in [0.1, 0.15) is 16.9 Å². The molecule has 0 spiro atoms. The van der Waals surface area contributed by atoms with Crippen LogP contribution in [0.15, 0.2) is 52.0 Å². The first-order valence-corrected chi connectivity index (χ1v) is 8.75. The maximum Gasteiger partial charge on any atom is 0.301 e. The van der Waals surface area contributed by atoms with Gasteiger partial charge in [0.15, 0.2) is 0 Å². The van der Waals surface area contributed by atoms with Crippen LogP contribution in [0, 0.1) is 44.2 Å². The summed E-state index contributed by atoms with van der Waals surface area (Å²) in [6, 6.07) is 9.30. The van der Waals surface area contributed by atoms with E-state index in [1.165, 1.54) is 24.4 Å². The number of rotatable bonds is 7. The van der Waals surface area contributed by atoms with E-state index < -0.39 is 26.1 Å². The van der Waals surface area contributed by atoms with E-state index in [2.05, 4.69) is 10.5 Å². The van der Waals surface area contributed by atoms with Gasteiger partial charge in [-0.15, -0.1) is 0 Å². The van der Waals surface area contributed by atoms with E-state index in [1.54, 1.807) is 19.1 Å². The van der Waals surface area contributed by atoms with Crippen LogP contribution in [0.5, 0.6) is 0 Å². The maximum atomic E-state index is 11.4. The Morgan fingerprint density at radius 1 is 0.871 bits per heavy atom. The largest absolute Gasteiger partial charge is 0.455 e. The Kier molecular flexibility index (Phi) is 5.72. The molecule has 0 fully saturated rings. The number of benzene rings is 2. The first-order chi connectivity index (χ1) is 14.7. The lowest BCUT2D eigenvalue weighted by Crippen LogP contribution is -1.98. The summed E-state index contributed by atoms with van der Waals surface area (Å²) in [5, 5.41) is 37.2. The van der Waals surface area contributed by atoms with E-state index in [9.17, 15) is 30.3 Å². The van der Waals surface area contributed by atoms with Crippen LogP contribution in [0.4, 0.5) is 22.7 Å². The lowest BCUT2D eigenvalue weighted by molar-refractivity contribution is -0.393. The third-order valence-electron chi connectivity index (χ3n) is 4.47. The van der Waals surface area contributed by atoms with Gasteiger partial charge in [-0.25, -0.2) is 0 Å². The number of aryl methyl sites for hydroxylation is 2. The quantitative estimate of drug-likeness (QED) is 0.322. The van der Waals surface area contributed by atoms with Gasteiger partial charge in [0, 0.05) is 12.1 Å². The monoisotopic (exact) mass is 425 g/mol. The Labute approximate surface area is 174 Å². The molecule has 1 heterocycles. The Morgan fingerprint density at radius 3 is 2.19 bits per heavy atom. The summed E-state index contributed by atoms with van der Waals surface area (Å²) >= 11 is 0. The number of non-ortho nitro benzene ring substituents is 1. The molecule has 0 aliphatic rings. The fourth-order valence-electron chi connectivity index (χ4n) is 2.76. The molecular formula is C19H15N5O7. The van der Waals surface area contributed by atoms with Crippen LogP contribution in [0.2, 0.25) is 0 Å². The van der Waals surface area contributed by atoms with E-state index in [0.717, 1.165) is 23.3 Å². The molecule has 0 saturated heterocycles. The SMILES string of the molecule is Cc1cc(-c2ccc(/C=N\Nc3ccc([N+](=O)[O-])cc3[N+](=O)[O-])o2)c([N+](=O)[O-])cc1C. The van der Waals surface area contributed by atoms with Gasteiger partial charge in [0.05, 0.1) is 32.6 Å². The van der Waals surface area contributed by atoms with Crippen LogP contribution in [0.25, 0.3) is 11.3 Å². The Hall–Kier alpha value is -4.61. The zero-order valence-electron chi connectivity index (χ0n) is 16.3. The number of hydrogen-bond acceptors (Lipinski definition) is 9. The van der Waals surface area contributed by atoms with Gasteiger partial charge in [-0.3, -0.25) is 35.8 Å². The zero-order valence-corrected chi connectivity index (χ0v) is 16.3. The van der Waals surface area contributed by atoms with Gasteiger partial charge in [-0.2, -0.15) is 5.10 Å². The van der Waals surface area contributed by atoms with Crippen molar-refractivity contribution in [3.8, 4) is 11.3 Å². The van der Waals surface area contributed by atoms with Crippen molar-refractivity contribution in [2.75, 3.05) is 5.43 Å². The molecule has 1 N–H and O–H groups in total. The maximum absolute atomic E-state index is 11.4. The molecule has 158 valence electrons. The van der Waals surface area contributed by atoms with Crippen LogP contribution in [0.3, 0.4) is 0 Å². The van der Waals surface area contributed by atoms with E-state index in [-0.39, 0.29) is 22.9 Å². The van der Waals surface area contributed by atoms with Crippen molar-refractivity contribution in [3.05, 3.63) is 89.7 Å². The Balaban J connectivity index is 1.85. The van der Waals surface area contributed by atoms with E-state index >= 15 is 0 Å². The minimum Gasteiger partial charge on any atom is -0.455 e. The lowest BCUT2D eigenvalue weighted by Gasteiger charge is -2.04. The number of hydrogen-bond donors (Lipinski definition) is 1. The van der Waals surface area contributed by atoms with Crippen LogP contribution in [-0.2, 0) is 0 Å². The number of furan rings is 1. The van der Waals surface area contributed by atoms with Gasteiger partial charge in [-0.1, -0.05) is 0 Å². The molecule has 12 heteroatoms. The van der Waals surface area contributed by atoms with Gasteiger partial charge in [0.2, 0.25) is 0 Å². The van der Waals surface area contributed by atoms with Gasteiger partial charge < -0.3 is 4.42 Å². The number of nitrogens with zero attached hydrogens (tertiary/aromatic N) is 4. The molecule has 0 bridgehead atoms. The molecule has 0 atom stereocenters. The van der Waals surface area contributed by atoms with Crippen LogP contribution in [-0.4, -0.2) is 21.0 Å². The summed E-state index contributed by atoms with van der Waals surface area (Å²) in [6.45, 7) is 3.60. The smallest absolute Gasteiger partial charge is 0.301 e. The fraction of sp³-hybridized carbons (Fsp3) is 0.105. The van der Waals surface area contributed by atoms with Gasteiger partial charge in [-0.05, 0) is 49.2 Å². The van der Waals surface area contributed by atoms with Crippen molar-refractivity contribution in [1.82, 2.24) is 0 Å². The first kappa shape index (κ1) is 21.1. The number of nitro groups is 3. The average Bonchev–Trinajstić information content (AvgIpc) is 3.18. The van der Waals surface area contributed by atoms with E-state index in [0.29, 0.717) is 5.56 Å². The third-order valence-corrected chi connectivity index (χ3v) is 4.47. The molecule has 0 amide bonds. The summed E-state index contributed by atoms with van der Waals surface area (Å²) in [7, 11) is 0. The topological polar surface area (TPSA) is 167 Å². The second-order valence-electron chi connectivity index (χ2n) is 6.50. The summed E-state index contributed by atoms with van der Waals surface area (Å²) < 4.78 is 5.60. The molecule has 0 saturated carbocycles. The van der Waals surface area contributed by atoms with Crippen molar-refractivity contribution >= 4 is 29.0 Å². The molecule has 0 aliphatic heterocycles. The molecule has 31 heavy (non-hydrogen) atoms. The first-order valence-electron chi connectivity index (χ1n) is 8.75. The highest BCUT2D eigenvalue weighted by molar-refractivity contribution is 5.80. The Morgan fingerprint density at radius 2 is 1.55 bits per heavy atom. The predicted octanol–water partition coefficient (Wildman–Crippen LogP) is 4.73. The molecule has 0 unspecified atom stereocenters. The zero-order chi connectivity index (χ0) is 22.7. The van der Waals surface area contributed by atoms with Gasteiger partial charge in [0.1, 0.15) is 17.2 Å². The number of nitro benzene ring substituents is 3. The minimum atomic E-state index is -0.769. The van der Waals surface area contributed by atoms with Gasteiger partial charge in [0.25, 0.3) is 11.4 Å². The van der Waals surface area contributed by atoms with Crippen molar-refractivity contribution in [1.29, 1.82) is 0 Å². The van der Waals surface area contributed by atoms with Crippen molar-refractivity contribution < 1.29 is 19.2 Å². The second kappa shape index (κ2) is 8.41. The van der Waals surface area contributed by atoms with Crippen molar-refractivity contribution in [3.63, 3.8) is 0 Å². The Bertz CT molecular complexity index is 1230.